The van der Waals surface area contributed by atoms with Gasteiger partial charge >= 0.3 is 0 Å². The van der Waals surface area contributed by atoms with Gasteiger partial charge in [0, 0.05) is 19.5 Å². The van der Waals surface area contributed by atoms with E-state index in [1.54, 1.807) is 6.33 Å². The average molecular weight is 292 g/mol. The summed E-state index contributed by atoms with van der Waals surface area (Å²) in [6, 6.07) is 0.578. The number of aryl methyl sites for hydroxylation is 1. The third kappa shape index (κ3) is 4.80. The molecule has 1 aromatic heterocycles. The fourth-order valence-corrected chi connectivity index (χ4v) is 3.74. The van der Waals surface area contributed by atoms with Gasteiger partial charge in [0.05, 0.1) is 0 Å². The summed E-state index contributed by atoms with van der Waals surface area (Å²) in [5.41, 5.74) is 0. The van der Waals surface area contributed by atoms with E-state index in [1.807, 2.05) is 11.7 Å². The summed E-state index contributed by atoms with van der Waals surface area (Å²) in [5.74, 6) is 3.61. The van der Waals surface area contributed by atoms with Gasteiger partial charge in [0.25, 0.3) is 0 Å². The Hall–Kier alpha value is -0.900. The van der Waals surface area contributed by atoms with Crippen molar-refractivity contribution in [2.45, 2.75) is 65.3 Å². The van der Waals surface area contributed by atoms with E-state index in [9.17, 15) is 0 Å². The smallest absolute Gasteiger partial charge is 0.138 e. The predicted octanol–water partition coefficient (Wildman–Crippen LogP) is 3.19. The van der Waals surface area contributed by atoms with Crippen molar-refractivity contribution in [1.82, 2.24) is 20.1 Å². The summed E-state index contributed by atoms with van der Waals surface area (Å²) in [6.45, 7) is 7.93. The van der Waals surface area contributed by atoms with E-state index in [2.05, 4.69) is 36.2 Å². The summed E-state index contributed by atoms with van der Waals surface area (Å²) in [5, 5.41) is 7.87. The monoisotopic (exact) mass is 292 g/mol. The molecular formula is C17H32N4. The molecule has 1 heterocycles. The number of nitrogens with zero attached hydrogens (tertiary/aromatic N) is 3. The van der Waals surface area contributed by atoms with Gasteiger partial charge in [-0.3, -0.25) is 4.68 Å². The van der Waals surface area contributed by atoms with Crippen LogP contribution in [0, 0.1) is 17.8 Å². The Bertz CT molecular complexity index is 413. The minimum Gasteiger partial charge on any atom is -0.314 e. The Morgan fingerprint density at radius 2 is 2.14 bits per heavy atom. The van der Waals surface area contributed by atoms with Crippen molar-refractivity contribution >= 4 is 0 Å². The molecule has 3 atom stereocenters. The number of hydrogen-bond acceptors (Lipinski definition) is 3. The molecule has 0 radical (unpaired) electrons. The van der Waals surface area contributed by atoms with Crippen LogP contribution in [0.5, 0.6) is 0 Å². The molecule has 1 aliphatic rings. The van der Waals surface area contributed by atoms with E-state index >= 15 is 0 Å². The van der Waals surface area contributed by atoms with E-state index in [1.165, 1.54) is 32.1 Å². The van der Waals surface area contributed by atoms with E-state index in [4.69, 9.17) is 0 Å². The topological polar surface area (TPSA) is 42.7 Å². The third-order valence-electron chi connectivity index (χ3n) is 4.98. The second-order valence-corrected chi connectivity index (χ2v) is 7.05. The normalized spacial score (nSPS) is 26.4. The number of hydrogen-bond donors (Lipinski definition) is 1. The highest BCUT2D eigenvalue weighted by Crippen LogP contribution is 2.37. The van der Waals surface area contributed by atoms with Gasteiger partial charge in [-0.05, 0) is 37.1 Å². The summed E-state index contributed by atoms with van der Waals surface area (Å²) >= 11 is 0. The Balaban J connectivity index is 1.99. The molecule has 0 bridgehead atoms. The Morgan fingerprint density at radius 3 is 2.76 bits per heavy atom. The molecule has 1 N–H and O–H groups in total. The Kier molecular flexibility index (Phi) is 6.22. The average Bonchev–Trinajstić information content (AvgIpc) is 2.84. The molecule has 0 aromatic carbocycles. The SMILES string of the molecule is CCCC1CCC(CNC(C)C)C(Cc2ncnn2C)C1. The molecule has 1 saturated carbocycles. The fraction of sp³-hybridized carbons (Fsp3) is 0.882. The molecule has 3 unspecified atom stereocenters. The lowest BCUT2D eigenvalue weighted by molar-refractivity contribution is 0.162. The molecule has 0 aliphatic heterocycles. The molecule has 4 heteroatoms. The van der Waals surface area contributed by atoms with E-state index in [-0.39, 0.29) is 0 Å². The zero-order valence-electron chi connectivity index (χ0n) is 14.2. The Labute approximate surface area is 129 Å². The van der Waals surface area contributed by atoms with Crippen LogP contribution in [-0.4, -0.2) is 27.4 Å². The van der Waals surface area contributed by atoms with Crippen LogP contribution in [-0.2, 0) is 13.5 Å². The van der Waals surface area contributed by atoms with Crippen molar-refractivity contribution in [3.05, 3.63) is 12.2 Å². The largest absolute Gasteiger partial charge is 0.314 e. The van der Waals surface area contributed by atoms with Crippen molar-refractivity contribution in [3.63, 3.8) is 0 Å². The lowest BCUT2D eigenvalue weighted by Crippen LogP contribution is -2.37. The summed E-state index contributed by atoms with van der Waals surface area (Å²) in [4.78, 5) is 4.44. The van der Waals surface area contributed by atoms with Crippen molar-refractivity contribution in [2.75, 3.05) is 6.54 Å². The number of aromatic nitrogens is 3. The van der Waals surface area contributed by atoms with Gasteiger partial charge in [-0.1, -0.05) is 40.0 Å². The van der Waals surface area contributed by atoms with Crippen molar-refractivity contribution in [3.8, 4) is 0 Å². The lowest BCUT2D eigenvalue weighted by atomic mass is 9.71. The van der Waals surface area contributed by atoms with Gasteiger partial charge in [0.15, 0.2) is 0 Å². The van der Waals surface area contributed by atoms with Crippen molar-refractivity contribution < 1.29 is 0 Å². The molecule has 0 spiro atoms. The zero-order valence-corrected chi connectivity index (χ0v) is 14.2. The first-order valence-electron chi connectivity index (χ1n) is 8.66. The number of nitrogens with one attached hydrogen (secondary N) is 1. The van der Waals surface area contributed by atoms with Crippen LogP contribution >= 0.6 is 0 Å². The highest BCUT2D eigenvalue weighted by Gasteiger charge is 2.31. The van der Waals surface area contributed by atoms with Crippen LogP contribution in [0.25, 0.3) is 0 Å². The highest BCUT2D eigenvalue weighted by molar-refractivity contribution is 4.92. The van der Waals surface area contributed by atoms with Gasteiger partial charge in [-0.15, -0.1) is 0 Å². The summed E-state index contributed by atoms with van der Waals surface area (Å²) < 4.78 is 1.94. The van der Waals surface area contributed by atoms with Crippen LogP contribution in [0.1, 0.15) is 58.7 Å². The first kappa shape index (κ1) is 16.5. The molecule has 0 amide bonds. The van der Waals surface area contributed by atoms with E-state index in [0.717, 1.165) is 36.5 Å². The Morgan fingerprint density at radius 1 is 1.33 bits per heavy atom. The van der Waals surface area contributed by atoms with Gasteiger partial charge in [0.1, 0.15) is 12.2 Å². The van der Waals surface area contributed by atoms with Gasteiger partial charge in [-0.25, -0.2) is 4.98 Å². The molecule has 4 nitrogen and oxygen atoms in total. The highest BCUT2D eigenvalue weighted by atomic mass is 15.3. The van der Waals surface area contributed by atoms with Crippen LogP contribution in [0.15, 0.2) is 6.33 Å². The lowest BCUT2D eigenvalue weighted by Gasteiger charge is -2.36. The minimum absolute atomic E-state index is 0.578. The quantitative estimate of drug-likeness (QED) is 0.839. The third-order valence-corrected chi connectivity index (χ3v) is 4.98. The molecular weight excluding hydrogens is 260 g/mol. The first-order chi connectivity index (χ1) is 10.1. The van der Waals surface area contributed by atoms with Crippen LogP contribution < -0.4 is 5.32 Å². The molecule has 21 heavy (non-hydrogen) atoms. The summed E-state index contributed by atoms with van der Waals surface area (Å²) in [7, 11) is 2.01. The molecule has 2 rings (SSSR count). The van der Waals surface area contributed by atoms with Crippen LogP contribution in [0.3, 0.4) is 0 Å². The predicted molar refractivity (Wildman–Crippen MR) is 87.1 cm³/mol. The van der Waals surface area contributed by atoms with Gasteiger partial charge in [-0.2, -0.15) is 5.10 Å². The van der Waals surface area contributed by atoms with Crippen LogP contribution in [0.2, 0.25) is 0 Å². The summed E-state index contributed by atoms with van der Waals surface area (Å²) in [6.07, 6.45) is 9.62. The maximum atomic E-state index is 4.44. The standard InChI is InChI=1S/C17H32N4/c1-5-6-14-7-8-15(11-18-13(2)3)16(9-14)10-17-19-12-20-21(17)4/h12-16,18H,5-11H2,1-4H3. The number of rotatable bonds is 7. The maximum Gasteiger partial charge on any atom is 0.138 e. The molecule has 120 valence electrons. The second kappa shape index (κ2) is 7.92. The van der Waals surface area contributed by atoms with Gasteiger partial charge in [0.2, 0.25) is 0 Å². The van der Waals surface area contributed by atoms with E-state index in [0.29, 0.717) is 6.04 Å². The van der Waals surface area contributed by atoms with E-state index < -0.39 is 0 Å². The molecule has 1 aromatic rings. The second-order valence-electron chi connectivity index (χ2n) is 7.05. The fourth-order valence-electron chi connectivity index (χ4n) is 3.74. The molecule has 1 aliphatic carbocycles. The zero-order chi connectivity index (χ0) is 15.2. The van der Waals surface area contributed by atoms with Crippen LogP contribution in [0.4, 0.5) is 0 Å². The molecule has 1 fully saturated rings. The first-order valence-corrected chi connectivity index (χ1v) is 8.66. The molecule has 0 saturated heterocycles. The minimum atomic E-state index is 0.578. The van der Waals surface area contributed by atoms with Crippen molar-refractivity contribution in [2.24, 2.45) is 24.8 Å². The van der Waals surface area contributed by atoms with Crippen molar-refractivity contribution in [1.29, 1.82) is 0 Å². The maximum absolute atomic E-state index is 4.44. The van der Waals surface area contributed by atoms with Gasteiger partial charge < -0.3 is 5.32 Å².